The second-order valence-corrected chi connectivity index (χ2v) is 4.34. The highest BCUT2D eigenvalue weighted by Crippen LogP contribution is 2.32. The van der Waals surface area contributed by atoms with Crippen LogP contribution in [0.4, 0.5) is 0 Å². The summed E-state index contributed by atoms with van der Waals surface area (Å²) in [5, 5.41) is 0. The van der Waals surface area contributed by atoms with Gasteiger partial charge in [0, 0.05) is 16.6 Å². The van der Waals surface area contributed by atoms with Crippen LogP contribution in [0.15, 0.2) is 21.1 Å². The Balaban J connectivity index is 3.06. The van der Waals surface area contributed by atoms with Crippen LogP contribution in [-0.2, 0) is 6.54 Å². The van der Waals surface area contributed by atoms with Gasteiger partial charge in [0.15, 0.2) is 0 Å². The fraction of sp³-hybridized carbons (Fsp3) is 0.200. The van der Waals surface area contributed by atoms with Gasteiger partial charge in [-0.1, -0.05) is 21.9 Å². The van der Waals surface area contributed by atoms with E-state index < -0.39 is 0 Å². The molecule has 0 saturated heterocycles. The standard InChI is InChI=1S/C10H9Br2NO/c1-2-3-14-10-7(6-13)4-8(11)5-9(10)12/h1,4-5H,3,6,13H2. The van der Waals surface area contributed by atoms with Gasteiger partial charge < -0.3 is 10.5 Å². The fourth-order valence-corrected chi connectivity index (χ4v) is 2.47. The lowest BCUT2D eigenvalue weighted by Gasteiger charge is -2.10. The second-order valence-electron chi connectivity index (χ2n) is 2.57. The molecular weight excluding hydrogens is 310 g/mol. The van der Waals surface area contributed by atoms with Gasteiger partial charge in [0.05, 0.1) is 4.47 Å². The van der Waals surface area contributed by atoms with E-state index >= 15 is 0 Å². The summed E-state index contributed by atoms with van der Waals surface area (Å²) < 4.78 is 7.19. The van der Waals surface area contributed by atoms with E-state index in [9.17, 15) is 0 Å². The quantitative estimate of drug-likeness (QED) is 0.870. The van der Waals surface area contributed by atoms with Crippen LogP contribution in [0.25, 0.3) is 0 Å². The van der Waals surface area contributed by atoms with Crippen molar-refractivity contribution in [2.75, 3.05) is 6.61 Å². The Hall–Kier alpha value is -0.500. The van der Waals surface area contributed by atoms with E-state index in [4.69, 9.17) is 16.9 Å². The van der Waals surface area contributed by atoms with E-state index in [1.165, 1.54) is 0 Å². The monoisotopic (exact) mass is 317 g/mol. The number of rotatable bonds is 3. The maximum atomic E-state index is 5.59. The molecule has 74 valence electrons. The van der Waals surface area contributed by atoms with Gasteiger partial charge >= 0.3 is 0 Å². The summed E-state index contributed by atoms with van der Waals surface area (Å²) in [6.45, 7) is 0.658. The Morgan fingerprint density at radius 1 is 1.43 bits per heavy atom. The molecule has 1 rings (SSSR count). The first-order valence-corrected chi connectivity index (χ1v) is 5.52. The largest absolute Gasteiger partial charge is 0.479 e. The minimum absolute atomic E-state index is 0.243. The maximum absolute atomic E-state index is 5.59. The molecule has 1 aromatic carbocycles. The average Bonchev–Trinajstić information content (AvgIpc) is 2.15. The van der Waals surface area contributed by atoms with E-state index in [0.717, 1.165) is 14.5 Å². The van der Waals surface area contributed by atoms with Gasteiger partial charge in [-0.2, -0.15) is 0 Å². The van der Waals surface area contributed by atoms with Crippen LogP contribution < -0.4 is 10.5 Å². The van der Waals surface area contributed by atoms with Gasteiger partial charge in [-0.25, -0.2) is 0 Å². The van der Waals surface area contributed by atoms with Crippen molar-refractivity contribution in [2.24, 2.45) is 5.73 Å². The zero-order valence-electron chi connectivity index (χ0n) is 7.39. The van der Waals surface area contributed by atoms with Gasteiger partial charge in [-0.3, -0.25) is 0 Å². The highest BCUT2D eigenvalue weighted by molar-refractivity contribution is 9.11. The molecule has 14 heavy (non-hydrogen) atoms. The van der Waals surface area contributed by atoms with Crippen LogP contribution in [0.1, 0.15) is 5.56 Å². The molecular formula is C10H9Br2NO. The Morgan fingerprint density at radius 2 is 2.14 bits per heavy atom. The number of halogens is 2. The topological polar surface area (TPSA) is 35.2 Å². The molecule has 0 spiro atoms. The minimum Gasteiger partial charge on any atom is -0.479 e. The molecule has 0 aromatic heterocycles. The maximum Gasteiger partial charge on any atom is 0.148 e. The number of benzene rings is 1. The Bertz CT molecular complexity index is 371. The molecule has 0 aliphatic heterocycles. The molecule has 0 amide bonds. The van der Waals surface area contributed by atoms with Crippen molar-refractivity contribution in [3.05, 3.63) is 26.6 Å². The summed E-state index contributed by atoms with van der Waals surface area (Å²) in [7, 11) is 0. The Labute approximate surface area is 100 Å². The molecule has 0 bridgehead atoms. The van der Waals surface area contributed by atoms with E-state index in [-0.39, 0.29) is 6.61 Å². The van der Waals surface area contributed by atoms with Crippen LogP contribution in [0.2, 0.25) is 0 Å². The molecule has 2 N–H and O–H groups in total. The molecule has 1 aromatic rings. The Kier molecular flexibility index (Phi) is 4.46. The van der Waals surface area contributed by atoms with Crippen LogP contribution in [-0.4, -0.2) is 6.61 Å². The molecule has 0 saturated carbocycles. The highest BCUT2D eigenvalue weighted by atomic mass is 79.9. The molecule has 0 atom stereocenters. The number of terminal acetylenes is 1. The molecule has 0 unspecified atom stereocenters. The zero-order chi connectivity index (χ0) is 10.6. The first kappa shape index (κ1) is 11.6. The van der Waals surface area contributed by atoms with Crippen LogP contribution in [0.5, 0.6) is 5.75 Å². The normalized spacial score (nSPS) is 9.57. The van der Waals surface area contributed by atoms with Gasteiger partial charge in [0.25, 0.3) is 0 Å². The fourth-order valence-electron chi connectivity index (χ4n) is 1.04. The molecule has 2 nitrogen and oxygen atoms in total. The van der Waals surface area contributed by atoms with Crippen molar-refractivity contribution in [2.45, 2.75) is 6.54 Å². The number of nitrogens with two attached hydrogens (primary N) is 1. The third kappa shape index (κ3) is 2.74. The van der Waals surface area contributed by atoms with E-state index in [1.807, 2.05) is 12.1 Å². The van der Waals surface area contributed by atoms with Crippen LogP contribution >= 0.6 is 31.9 Å². The van der Waals surface area contributed by atoms with Gasteiger partial charge in [0.1, 0.15) is 12.4 Å². The smallest absolute Gasteiger partial charge is 0.148 e. The van der Waals surface area contributed by atoms with Gasteiger partial charge in [0.2, 0.25) is 0 Å². The third-order valence-electron chi connectivity index (χ3n) is 1.61. The molecule has 0 fully saturated rings. The van der Waals surface area contributed by atoms with Crippen molar-refractivity contribution in [1.29, 1.82) is 0 Å². The average molecular weight is 319 g/mol. The van der Waals surface area contributed by atoms with Crippen molar-refractivity contribution in [3.63, 3.8) is 0 Å². The summed E-state index contributed by atoms with van der Waals surface area (Å²) in [5.41, 5.74) is 6.50. The molecule has 0 heterocycles. The lowest BCUT2D eigenvalue weighted by molar-refractivity contribution is 0.364. The molecule has 0 radical (unpaired) electrons. The predicted molar refractivity (Wildman–Crippen MR) is 64.1 cm³/mol. The Morgan fingerprint density at radius 3 is 2.71 bits per heavy atom. The van der Waals surface area contributed by atoms with E-state index in [1.54, 1.807) is 0 Å². The lowest BCUT2D eigenvalue weighted by Crippen LogP contribution is -2.03. The third-order valence-corrected chi connectivity index (χ3v) is 2.65. The van der Waals surface area contributed by atoms with E-state index in [2.05, 4.69) is 37.8 Å². The number of hydrogen-bond donors (Lipinski definition) is 1. The summed E-state index contributed by atoms with van der Waals surface area (Å²) in [6, 6.07) is 3.81. The van der Waals surface area contributed by atoms with Crippen molar-refractivity contribution < 1.29 is 4.74 Å². The molecule has 0 aliphatic rings. The lowest BCUT2D eigenvalue weighted by atomic mass is 10.2. The SMILES string of the molecule is C#CCOc1c(Br)cc(Br)cc1CN. The molecule has 0 aliphatic carbocycles. The van der Waals surface area contributed by atoms with Crippen LogP contribution in [0, 0.1) is 12.3 Å². The van der Waals surface area contributed by atoms with Crippen molar-refractivity contribution in [1.82, 2.24) is 0 Å². The zero-order valence-corrected chi connectivity index (χ0v) is 10.6. The predicted octanol–water partition coefficient (Wildman–Crippen LogP) is 2.68. The second kappa shape index (κ2) is 5.40. The van der Waals surface area contributed by atoms with E-state index in [0.29, 0.717) is 12.3 Å². The molecule has 4 heteroatoms. The summed E-state index contributed by atoms with van der Waals surface area (Å²) in [4.78, 5) is 0. The van der Waals surface area contributed by atoms with Crippen molar-refractivity contribution >= 4 is 31.9 Å². The number of hydrogen-bond acceptors (Lipinski definition) is 2. The van der Waals surface area contributed by atoms with Crippen LogP contribution in [0.3, 0.4) is 0 Å². The first-order chi connectivity index (χ1) is 6.69. The summed E-state index contributed by atoms with van der Waals surface area (Å²) in [5.74, 6) is 3.13. The van der Waals surface area contributed by atoms with Crippen molar-refractivity contribution in [3.8, 4) is 18.1 Å². The van der Waals surface area contributed by atoms with Gasteiger partial charge in [-0.15, -0.1) is 6.42 Å². The van der Waals surface area contributed by atoms with Gasteiger partial charge in [-0.05, 0) is 28.1 Å². The highest BCUT2D eigenvalue weighted by Gasteiger charge is 2.08. The minimum atomic E-state index is 0.243. The summed E-state index contributed by atoms with van der Waals surface area (Å²) in [6.07, 6.45) is 5.12. The summed E-state index contributed by atoms with van der Waals surface area (Å²) >= 11 is 6.76. The first-order valence-electron chi connectivity index (χ1n) is 3.93. The number of ether oxygens (including phenoxy) is 1.